The molecule has 3 rings (SSSR count). The van der Waals surface area contributed by atoms with E-state index in [1.54, 1.807) is 23.1 Å². The number of anilines is 2. The van der Waals surface area contributed by atoms with Crippen molar-refractivity contribution in [3.63, 3.8) is 0 Å². The lowest BCUT2D eigenvalue weighted by molar-refractivity contribution is -0.127. The first kappa shape index (κ1) is 24.1. The van der Waals surface area contributed by atoms with Crippen molar-refractivity contribution >= 4 is 44.6 Å². The monoisotopic (exact) mass is 480 g/mol. The van der Waals surface area contributed by atoms with E-state index in [9.17, 15) is 18.0 Å². The fourth-order valence-electron chi connectivity index (χ4n) is 3.28. The molecule has 1 amide bonds. The molecule has 0 unspecified atom stereocenters. The van der Waals surface area contributed by atoms with Gasteiger partial charge < -0.3 is 14.4 Å². The Morgan fingerprint density at radius 1 is 1.31 bits per heavy atom. The second-order valence-corrected chi connectivity index (χ2v) is 11.3. The molecule has 0 atom stereocenters. The average molecular weight is 481 g/mol. The van der Waals surface area contributed by atoms with Crippen molar-refractivity contribution in [2.24, 2.45) is 11.3 Å². The van der Waals surface area contributed by atoms with Gasteiger partial charge in [-0.1, -0.05) is 13.8 Å². The van der Waals surface area contributed by atoms with Gasteiger partial charge in [-0.15, -0.1) is 11.3 Å². The van der Waals surface area contributed by atoms with Crippen LogP contribution in [0.2, 0.25) is 0 Å². The van der Waals surface area contributed by atoms with Crippen LogP contribution in [0.5, 0.6) is 5.75 Å². The first-order valence-electron chi connectivity index (χ1n) is 10.2. The van der Waals surface area contributed by atoms with E-state index in [-0.39, 0.29) is 28.0 Å². The number of carbonyl (C=O) groups is 2. The summed E-state index contributed by atoms with van der Waals surface area (Å²) in [4.78, 5) is 26.7. The highest BCUT2D eigenvalue weighted by molar-refractivity contribution is 7.93. The predicted molar refractivity (Wildman–Crippen MR) is 124 cm³/mol. The molecule has 0 saturated carbocycles. The van der Waals surface area contributed by atoms with E-state index in [4.69, 9.17) is 4.74 Å². The van der Waals surface area contributed by atoms with E-state index in [0.717, 1.165) is 17.8 Å². The zero-order chi connectivity index (χ0) is 23.7. The van der Waals surface area contributed by atoms with Gasteiger partial charge in [0.2, 0.25) is 5.91 Å². The summed E-state index contributed by atoms with van der Waals surface area (Å²) in [5, 5.41) is 1.51. The zero-order valence-corrected chi connectivity index (χ0v) is 20.4. The third kappa shape index (κ3) is 4.91. The molecule has 174 valence electrons. The minimum Gasteiger partial charge on any atom is -0.490 e. The van der Waals surface area contributed by atoms with Crippen LogP contribution in [0, 0.1) is 11.3 Å². The number of ether oxygens (including phenoxy) is 2. The number of thiophene rings is 1. The van der Waals surface area contributed by atoms with E-state index >= 15 is 0 Å². The number of methoxy groups -OCH3 is 1. The molecule has 1 aliphatic heterocycles. The Balaban J connectivity index is 1.98. The molecule has 2 heterocycles. The van der Waals surface area contributed by atoms with E-state index in [0.29, 0.717) is 23.9 Å². The number of carbonyl (C=O) groups excluding carboxylic acids is 2. The SMILES string of the molecule is COC(=O)c1sccc1S(=O)(=O)Nc1ccc2c(c1)N(CCC(C)C)C(=O)C(C)(C)CO2. The normalized spacial score (nSPS) is 15.7. The molecule has 1 aliphatic rings. The molecule has 0 saturated heterocycles. The lowest BCUT2D eigenvalue weighted by Gasteiger charge is -2.28. The molecule has 0 radical (unpaired) electrons. The van der Waals surface area contributed by atoms with E-state index in [1.165, 1.54) is 18.6 Å². The first-order chi connectivity index (χ1) is 15.0. The van der Waals surface area contributed by atoms with Crippen molar-refractivity contribution in [2.45, 2.75) is 39.0 Å². The summed E-state index contributed by atoms with van der Waals surface area (Å²) in [5.41, 5.74) is 0.0539. The molecule has 0 aliphatic carbocycles. The number of hydrogen-bond donors (Lipinski definition) is 1. The van der Waals surface area contributed by atoms with Crippen molar-refractivity contribution in [3.05, 3.63) is 34.5 Å². The van der Waals surface area contributed by atoms with Gasteiger partial charge in [-0.3, -0.25) is 9.52 Å². The van der Waals surface area contributed by atoms with E-state index in [2.05, 4.69) is 23.3 Å². The summed E-state index contributed by atoms with van der Waals surface area (Å²) in [5.74, 6) is 0.100. The fourth-order valence-corrected chi connectivity index (χ4v) is 5.66. The maximum absolute atomic E-state index is 13.2. The van der Waals surface area contributed by atoms with Gasteiger partial charge in [0, 0.05) is 6.54 Å². The zero-order valence-electron chi connectivity index (χ0n) is 18.8. The second kappa shape index (κ2) is 9.11. The van der Waals surface area contributed by atoms with Gasteiger partial charge in [0.05, 0.1) is 23.9 Å². The molecule has 8 nitrogen and oxygen atoms in total. The molecular formula is C22H28N2O6S2. The Morgan fingerprint density at radius 2 is 2.03 bits per heavy atom. The van der Waals surface area contributed by atoms with Gasteiger partial charge in [-0.05, 0) is 55.8 Å². The lowest BCUT2D eigenvalue weighted by Crippen LogP contribution is -2.42. The highest BCUT2D eigenvalue weighted by atomic mass is 32.2. The highest BCUT2D eigenvalue weighted by Crippen LogP contribution is 2.39. The minimum absolute atomic E-state index is 0.00594. The number of rotatable bonds is 7. The Kier molecular flexibility index (Phi) is 6.85. The Bertz CT molecular complexity index is 1120. The van der Waals surface area contributed by atoms with Gasteiger partial charge >= 0.3 is 5.97 Å². The molecule has 1 aromatic carbocycles. The largest absolute Gasteiger partial charge is 0.490 e. The Morgan fingerprint density at radius 3 is 2.69 bits per heavy atom. The van der Waals surface area contributed by atoms with Crippen LogP contribution in [0.25, 0.3) is 0 Å². The summed E-state index contributed by atoms with van der Waals surface area (Å²) in [6.07, 6.45) is 0.786. The number of esters is 1. The predicted octanol–water partition coefficient (Wildman–Crippen LogP) is 4.13. The lowest BCUT2D eigenvalue weighted by atomic mass is 9.92. The number of benzene rings is 1. The summed E-state index contributed by atoms with van der Waals surface area (Å²) < 4.78 is 39.0. The first-order valence-corrected chi connectivity index (χ1v) is 12.6. The molecular weight excluding hydrogens is 452 g/mol. The van der Waals surface area contributed by atoms with Crippen LogP contribution >= 0.6 is 11.3 Å². The molecule has 0 fully saturated rings. The van der Waals surface area contributed by atoms with Gasteiger partial charge in [-0.25, -0.2) is 13.2 Å². The third-order valence-electron chi connectivity index (χ3n) is 5.13. The maximum atomic E-state index is 13.2. The summed E-state index contributed by atoms with van der Waals surface area (Å²) in [6.45, 7) is 8.53. The number of nitrogens with one attached hydrogen (secondary N) is 1. The molecule has 1 N–H and O–H groups in total. The highest BCUT2D eigenvalue weighted by Gasteiger charge is 2.38. The topological polar surface area (TPSA) is 102 Å². The van der Waals surface area contributed by atoms with Crippen LogP contribution in [0.15, 0.2) is 34.5 Å². The quantitative estimate of drug-likeness (QED) is 0.598. The van der Waals surface area contributed by atoms with Crippen molar-refractivity contribution in [1.29, 1.82) is 0 Å². The summed E-state index contributed by atoms with van der Waals surface area (Å²) in [6, 6.07) is 6.17. The van der Waals surface area contributed by atoms with Crippen LogP contribution in [-0.4, -0.2) is 40.6 Å². The molecule has 32 heavy (non-hydrogen) atoms. The smallest absolute Gasteiger partial charge is 0.349 e. The van der Waals surface area contributed by atoms with Crippen molar-refractivity contribution < 1.29 is 27.5 Å². The average Bonchev–Trinajstić information content (AvgIpc) is 3.20. The number of nitrogens with zero attached hydrogens (tertiary/aromatic N) is 1. The molecule has 1 aromatic heterocycles. The van der Waals surface area contributed by atoms with Gasteiger partial charge in [-0.2, -0.15) is 0 Å². The van der Waals surface area contributed by atoms with E-state index in [1.807, 2.05) is 13.8 Å². The molecule has 2 aromatic rings. The van der Waals surface area contributed by atoms with Gasteiger partial charge in [0.25, 0.3) is 10.0 Å². The van der Waals surface area contributed by atoms with Crippen LogP contribution in [0.3, 0.4) is 0 Å². The molecule has 0 spiro atoms. The van der Waals surface area contributed by atoms with Gasteiger partial charge in [0.1, 0.15) is 22.1 Å². The standard InChI is InChI=1S/C22H28N2O6S2/c1-14(2)8-10-24-16-12-15(6-7-17(16)30-13-22(3,4)21(24)26)23-32(27,28)18-9-11-31-19(18)20(25)29-5/h6-7,9,11-12,14,23H,8,10,13H2,1-5H3. The maximum Gasteiger partial charge on any atom is 0.349 e. The minimum atomic E-state index is -4.06. The van der Waals surface area contributed by atoms with Gasteiger partial charge in [0.15, 0.2) is 0 Å². The summed E-state index contributed by atoms with van der Waals surface area (Å²) in [7, 11) is -2.86. The molecule has 0 bridgehead atoms. The number of fused-ring (bicyclic) bond motifs is 1. The Labute approximate surface area is 192 Å². The van der Waals surface area contributed by atoms with Crippen LogP contribution in [0.1, 0.15) is 43.8 Å². The van der Waals surface area contributed by atoms with Crippen LogP contribution in [-0.2, 0) is 19.6 Å². The van der Waals surface area contributed by atoms with Crippen LogP contribution in [0.4, 0.5) is 11.4 Å². The Hall–Kier alpha value is -2.59. The van der Waals surface area contributed by atoms with Crippen molar-refractivity contribution in [3.8, 4) is 5.75 Å². The van der Waals surface area contributed by atoms with E-state index < -0.39 is 21.4 Å². The number of hydrogen-bond acceptors (Lipinski definition) is 7. The fraction of sp³-hybridized carbons (Fsp3) is 0.455. The van der Waals surface area contributed by atoms with Crippen molar-refractivity contribution in [1.82, 2.24) is 0 Å². The number of amides is 1. The third-order valence-corrected chi connectivity index (χ3v) is 7.58. The molecule has 10 heteroatoms. The van der Waals surface area contributed by atoms with Crippen LogP contribution < -0.4 is 14.4 Å². The second-order valence-electron chi connectivity index (χ2n) is 8.71. The summed E-state index contributed by atoms with van der Waals surface area (Å²) >= 11 is 0.988. The van der Waals surface area contributed by atoms with Crippen molar-refractivity contribution in [2.75, 3.05) is 29.9 Å². The number of sulfonamides is 1.